The Hall–Kier alpha value is -3.39. The molecule has 5 heterocycles. The van der Waals surface area contributed by atoms with E-state index in [1.54, 1.807) is 7.11 Å². The molecule has 34 heavy (non-hydrogen) atoms. The van der Waals surface area contributed by atoms with E-state index in [1.165, 1.54) is 0 Å². The summed E-state index contributed by atoms with van der Waals surface area (Å²) in [5.41, 5.74) is 3.96. The fourth-order valence-corrected chi connectivity index (χ4v) is 7.06. The Kier molecular flexibility index (Phi) is 3.24. The minimum absolute atomic E-state index is 0.0280. The molecular weight excluding hydrogens is 430 g/mol. The van der Waals surface area contributed by atoms with Gasteiger partial charge in [0.05, 0.1) is 34.2 Å². The van der Waals surface area contributed by atoms with Gasteiger partial charge in [-0.1, -0.05) is 36.4 Å². The second kappa shape index (κ2) is 5.81. The molecule has 0 spiro atoms. The molecule has 7 heteroatoms. The molecule has 3 atom stereocenters. The first kappa shape index (κ1) is 19.0. The largest absolute Gasteiger partial charge is 0.393 e. The number of carbonyl (C=O) groups is 1. The maximum atomic E-state index is 13.2. The van der Waals surface area contributed by atoms with Gasteiger partial charge in [-0.15, -0.1) is 0 Å². The highest BCUT2D eigenvalue weighted by Crippen LogP contribution is 2.58. The lowest BCUT2D eigenvalue weighted by molar-refractivity contribution is -0.201. The molecule has 7 nitrogen and oxygen atoms in total. The number of nitrogens with one attached hydrogen (secondary N) is 1. The molecule has 170 valence electrons. The van der Waals surface area contributed by atoms with Crippen LogP contribution in [0.3, 0.4) is 0 Å². The number of amides is 1. The third-order valence-electron chi connectivity index (χ3n) is 8.59. The normalized spacial score (nSPS) is 27.4. The zero-order valence-corrected chi connectivity index (χ0v) is 18.9. The molecule has 3 aliphatic heterocycles. The fraction of sp³-hybridized carbons (Fsp3) is 0.296. The third-order valence-corrected chi connectivity index (χ3v) is 8.59. The number of aliphatic hydroxyl groups is 1. The molecule has 8 rings (SSSR count). The fourth-order valence-electron chi connectivity index (χ4n) is 7.06. The Balaban J connectivity index is 1.76. The number of aliphatic hydroxyl groups excluding tert-OH is 1. The first-order valence-electron chi connectivity index (χ1n) is 11.7. The Bertz CT molecular complexity index is 1740. The zero-order valence-electron chi connectivity index (χ0n) is 18.9. The number of hydrogen-bond donors (Lipinski definition) is 2. The SMILES string of the molecule is COC1(CO)CC2OC1(C)n1c3ccccc3c3c4c(c5c6ccccc6n2c5c31)C(=O)NC4. The summed E-state index contributed by atoms with van der Waals surface area (Å²) in [6, 6.07) is 16.5. The number of rotatable bonds is 2. The quantitative estimate of drug-likeness (QED) is 0.421. The number of ether oxygens (including phenoxy) is 2. The van der Waals surface area contributed by atoms with Crippen LogP contribution in [0.15, 0.2) is 48.5 Å². The van der Waals surface area contributed by atoms with Crippen molar-refractivity contribution in [2.45, 2.75) is 37.4 Å². The highest BCUT2D eigenvalue weighted by molar-refractivity contribution is 6.31. The molecule has 2 N–H and O–H groups in total. The standard InChI is InChI=1S/C27H23N3O4/c1-26-27(13-31,33-2)11-19(34-26)29-17-9-5-3-7-14(17)21-22-16(12-28-25(22)32)20-15-8-4-6-10-18(15)30(26)24(20)23(21)29/h3-10,19,31H,11-13H2,1-2H3,(H,28,32). The van der Waals surface area contributed by atoms with Gasteiger partial charge in [0, 0.05) is 41.6 Å². The van der Waals surface area contributed by atoms with Crippen molar-refractivity contribution in [1.82, 2.24) is 14.5 Å². The number of benzene rings is 3. The Morgan fingerprint density at radius 3 is 2.53 bits per heavy atom. The Morgan fingerprint density at radius 1 is 1.09 bits per heavy atom. The molecule has 3 unspecified atom stereocenters. The van der Waals surface area contributed by atoms with E-state index >= 15 is 0 Å². The van der Waals surface area contributed by atoms with Crippen LogP contribution in [0, 0.1) is 0 Å². The molecule has 1 fully saturated rings. The van der Waals surface area contributed by atoms with Gasteiger partial charge >= 0.3 is 0 Å². The summed E-state index contributed by atoms with van der Waals surface area (Å²) in [5, 5.41) is 17.9. The zero-order chi connectivity index (χ0) is 23.0. The van der Waals surface area contributed by atoms with Crippen molar-refractivity contribution < 1.29 is 19.4 Å². The van der Waals surface area contributed by atoms with Crippen molar-refractivity contribution in [3.63, 3.8) is 0 Å². The summed E-state index contributed by atoms with van der Waals surface area (Å²) < 4.78 is 17.5. The Morgan fingerprint density at radius 2 is 1.79 bits per heavy atom. The van der Waals surface area contributed by atoms with Crippen LogP contribution in [0.25, 0.3) is 43.6 Å². The molecule has 0 saturated carbocycles. The molecule has 3 aliphatic rings. The van der Waals surface area contributed by atoms with Crippen LogP contribution in [0.5, 0.6) is 0 Å². The minimum atomic E-state index is -0.958. The number of carbonyl (C=O) groups excluding carboxylic acids is 1. The van der Waals surface area contributed by atoms with Crippen molar-refractivity contribution in [3.05, 3.63) is 59.7 Å². The first-order chi connectivity index (χ1) is 16.5. The molecule has 3 aromatic carbocycles. The maximum Gasteiger partial charge on any atom is 0.252 e. The summed E-state index contributed by atoms with van der Waals surface area (Å²) >= 11 is 0. The van der Waals surface area contributed by atoms with Crippen LogP contribution >= 0.6 is 0 Å². The van der Waals surface area contributed by atoms with E-state index < -0.39 is 11.3 Å². The van der Waals surface area contributed by atoms with Crippen molar-refractivity contribution in [1.29, 1.82) is 0 Å². The number of nitrogens with zero attached hydrogens (tertiary/aromatic N) is 2. The van der Waals surface area contributed by atoms with Gasteiger partial charge in [-0.3, -0.25) is 4.79 Å². The second-order valence-corrected chi connectivity index (χ2v) is 9.84. The van der Waals surface area contributed by atoms with Crippen LogP contribution < -0.4 is 5.32 Å². The van der Waals surface area contributed by atoms with Crippen LogP contribution in [-0.2, 0) is 21.7 Å². The summed E-state index contributed by atoms with van der Waals surface area (Å²) in [7, 11) is 1.65. The number of methoxy groups -OCH3 is 1. The monoisotopic (exact) mass is 453 g/mol. The van der Waals surface area contributed by atoms with Crippen LogP contribution in [0.2, 0.25) is 0 Å². The maximum absolute atomic E-state index is 13.2. The van der Waals surface area contributed by atoms with E-state index in [9.17, 15) is 9.90 Å². The highest BCUT2D eigenvalue weighted by atomic mass is 16.6. The van der Waals surface area contributed by atoms with Crippen LogP contribution in [0.4, 0.5) is 0 Å². The topological polar surface area (TPSA) is 77.7 Å². The van der Waals surface area contributed by atoms with Crippen molar-refractivity contribution in [2.75, 3.05) is 13.7 Å². The lowest BCUT2D eigenvalue weighted by Gasteiger charge is -2.41. The number of hydrogen-bond acceptors (Lipinski definition) is 4. The van der Waals surface area contributed by atoms with Gasteiger partial charge in [-0.2, -0.15) is 0 Å². The summed E-state index contributed by atoms with van der Waals surface area (Å²) in [4.78, 5) is 13.2. The van der Waals surface area contributed by atoms with E-state index in [0.29, 0.717) is 13.0 Å². The number of para-hydroxylation sites is 2. The first-order valence-corrected chi connectivity index (χ1v) is 11.7. The molecule has 1 saturated heterocycles. The van der Waals surface area contributed by atoms with Gasteiger partial charge in [0.15, 0.2) is 5.72 Å². The summed E-state index contributed by atoms with van der Waals surface area (Å²) in [6.45, 7) is 2.34. The van der Waals surface area contributed by atoms with Crippen LogP contribution in [0.1, 0.15) is 35.5 Å². The lowest BCUT2D eigenvalue weighted by Crippen LogP contribution is -2.54. The predicted molar refractivity (Wildman–Crippen MR) is 129 cm³/mol. The number of aromatic nitrogens is 2. The van der Waals surface area contributed by atoms with E-state index in [0.717, 1.165) is 54.7 Å². The smallest absolute Gasteiger partial charge is 0.252 e. The van der Waals surface area contributed by atoms with E-state index in [1.807, 2.05) is 31.2 Å². The average molecular weight is 453 g/mol. The van der Waals surface area contributed by atoms with Gasteiger partial charge < -0.3 is 29.0 Å². The van der Waals surface area contributed by atoms with Crippen molar-refractivity contribution in [3.8, 4) is 0 Å². The lowest BCUT2D eigenvalue weighted by atomic mass is 9.89. The van der Waals surface area contributed by atoms with E-state index in [2.05, 4.69) is 38.7 Å². The van der Waals surface area contributed by atoms with Crippen molar-refractivity contribution in [2.24, 2.45) is 0 Å². The van der Waals surface area contributed by atoms with Crippen LogP contribution in [-0.4, -0.2) is 39.5 Å². The number of fused-ring (bicyclic) bond motifs is 13. The molecule has 0 aliphatic carbocycles. The van der Waals surface area contributed by atoms with Gasteiger partial charge in [0.25, 0.3) is 5.91 Å². The van der Waals surface area contributed by atoms with E-state index in [4.69, 9.17) is 9.47 Å². The Labute approximate surface area is 194 Å². The second-order valence-electron chi connectivity index (χ2n) is 9.84. The molecule has 2 bridgehead atoms. The van der Waals surface area contributed by atoms with Gasteiger partial charge in [0.2, 0.25) is 0 Å². The minimum Gasteiger partial charge on any atom is -0.393 e. The van der Waals surface area contributed by atoms with E-state index in [-0.39, 0.29) is 18.7 Å². The molecule has 5 aromatic rings. The third kappa shape index (κ3) is 1.78. The predicted octanol–water partition coefficient (Wildman–Crippen LogP) is 4.13. The molecule has 0 radical (unpaired) electrons. The molecular formula is C27H23N3O4. The summed E-state index contributed by atoms with van der Waals surface area (Å²) in [6.07, 6.45) is 0.130. The van der Waals surface area contributed by atoms with Gasteiger partial charge in [-0.05, 0) is 24.6 Å². The highest BCUT2D eigenvalue weighted by Gasteiger charge is 2.62. The molecule has 1 amide bonds. The van der Waals surface area contributed by atoms with Gasteiger partial charge in [0.1, 0.15) is 11.8 Å². The summed E-state index contributed by atoms with van der Waals surface area (Å²) in [5.74, 6) is -0.0280. The average Bonchev–Trinajstić information content (AvgIpc) is 3.55. The van der Waals surface area contributed by atoms with Gasteiger partial charge in [-0.25, -0.2) is 0 Å². The molecule has 2 aromatic heterocycles. The van der Waals surface area contributed by atoms with Crippen molar-refractivity contribution >= 4 is 49.5 Å².